The lowest BCUT2D eigenvalue weighted by Crippen LogP contribution is -2.11. The van der Waals surface area contributed by atoms with E-state index in [4.69, 9.17) is 0 Å². The fraction of sp³-hybridized carbons (Fsp3) is 0.200. The van der Waals surface area contributed by atoms with Gasteiger partial charge in [-0.25, -0.2) is 0 Å². The van der Waals surface area contributed by atoms with Crippen molar-refractivity contribution in [2.75, 3.05) is 7.05 Å². The Balaban J connectivity index is 2.08. The van der Waals surface area contributed by atoms with Crippen LogP contribution >= 0.6 is 11.8 Å². The molecule has 2 aromatic carbocycles. The molecule has 0 radical (unpaired) electrons. The average Bonchev–Trinajstić information content (AvgIpc) is 2.48. The highest BCUT2D eigenvalue weighted by molar-refractivity contribution is 7.99. The maximum Gasteiger partial charge on any atom is 0.269 e. The van der Waals surface area contributed by atoms with Crippen LogP contribution in [0.5, 0.6) is 0 Å². The fourth-order valence-corrected chi connectivity index (χ4v) is 2.58. The van der Waals surface area contributed by atoms with Gasteiger partial charge >= 0.3 is 0 Å². The van der Waals surface area contributed by atoms with Gasteiger partial charge in [-0.05, 0) is 43.8 Å². The molecule has 4 nitrogen and oxygen atoms in total. The summed E-state index contributed by atoms with van der Waals surface area (Å²) in [6, 6.07) is 15.2. The molecule has 1 atom stereocenters. The summed E-state index contributed by atoms with van der Waals surface area (Å²) >= 11 is 1.59. The van der Waals surface area contributed by atoms with Gasteiger partial charge in [0.1, 0.15) is 0 Å². The van der Waals surface area contributed by atoms with E-state index in [2.05, 4.69) is 36.5 Å². The second-order valence-electron chi connectivity index (χ2n) is 4.43. The number of benzene rings is 2. The molecule has 0 aromatic heterocycles. The van der Waals surface area contributed by atoms with Gasteiger partial charge < -0.3 is 5.32 Å². The van der Waals surface area contributed by atoms with E-state index in [1.807, 2.05) is 7.05 Å². The maximum atomic E-state index is 10.6. The van der Waals surface area contributed by atoms with Crippen molar-refractivity contribution in [2.24, 2.45) is 0 Å². The Labute approximate surface area is 122 Å². The Kier molecular flexibility index (Phi) is 4.76. The molecule has 0 saturated carbocycles. The Bertz CT molecular complexity index is 582. The summed E-state index contributed by atoms with van der Waals surface area (Å²) < 4.78 is 0. The first kappa shape index (κ1) is 14.6. The first-order valence-corrected chi connectivity index (χ1v) is 7.11. The molecule has 1 N–H and O–H groups in total. The molecule has 2 aromatic rings. The van der Waals surface area contributed by atoms with Gasteiger partial charge in [0.15, 0.2) is 0 Å². The molecule has 0 spiro atoms. The number of rotatable bonds is 5. The van der Waals surface area contributed by atoms with Gasteiger partial charge in [-0.3, -0.25) is 10.1 Å². The maximum absolute atomic E-state index is 10.6. The molecule has 104 valence electrons. The number of non-ortho nitro benzene ring substituents is 1. The summed E-state index contributed by atoms with van der Waals surface area (Å²) in [5, 5.41) is 13.8. The van der Waals surface area contributed by atoms with Crippen LogP contribution in [0.3, 0.4) is 0 Å². The third-order valence-corrected chi connectivity index (χ3v) is 4.11. The summed E-state index contributed by atoms with van der Waals surface area (Å²) in [6.45, 7) is 2.11. The summed E-state index contributed by atoms with van der Waals surface area (Å²) in [5.74, 6) is 0. The average molecular weight is 288 g/mol. The number of hydrogen-bond donors (Lipinski definition) is 1. The first-order valence-electron chi connectivity index (χ1n) is 6.29. The van der Waals surface area contributed by atoms with Crippen molar-refractivity contribution in [1.82, 2.24) is 5.32 Å². The highest BCUT2D eigenvalue weighted by Crippen LogP contribution is 2.29. The second-order valence-corrected chi connectivity index (χ2v) is 5.58. The van der Waals surface area contributed by atoms with Crippen molar-refractivity contribution in [3.8, 4) is 0 Å². The Morgan fingerprint density at radius 2 is 1.55 bits per heavy atom. The first-order chi connectivity index (χ1) is 9.60. The summed E-state index contributed by atoms with van der Waals surface area (Å²) in [4.78, 5) is 12.3. The minimum absolute atomic E-state index is 0.118. The topological polar surface area (TPSA) is 55.2 Å². The molecule has 0 amide bonds. The minimum Gasteiger partial charge on any atom is -0.313 e. The number of nitro groups is 1. The third-order valence-electron chi connectivity index (χ3n) is 3.10. The van der Waals surface area contributed by atoms with Crippen molar-refractivity contribution >= 4 is 17.4 Å². The Morgan fingerprint density at radius 3 is 2.00 bits per heavy atom. The standard InChI is InChI=1S/C15H16N2O2S/c1-11(16-2)12-3-7-14(8-4-12)20-15-9-5-13(6-10-15)17(18)19/h3-11,16H,1-2H3. The van der Waals surface area contributed by atoms with E-state index >= 15 is 0 Å². The minimum atomic E-state index is -0.387. The van der Waals surface area contributed by atoms with E-state index in [1.54, 1.807) is 23.9 Å². The quantitative estimate of drug-likeness (QED) is 0.666. The van der Waals surface area contributed by atoms with Crippen molar-refractivity contribution in [3.63, 3.8) is 0 Å². The SMILES string of the molecule is CNC(C)c1ccc(Sc2ccc([N+](=O)[O-])cc2)cc1. The van der Waals surface area contributed by atoms with Crippen LogP contribution in [0.2, 0.25) is 0 Å². The largest absolute Gasteiger partial charge is 0.313 e. The summed E-state index contributed by atoms with van der Waals surface area (Å²) in [6.07, 6.45) is 0. The lowest BCUT2D eigenvalue weighted by Gasteiger charge is -2.10. The number of nitrogens with one attached hydrogen (secondary N) is 1. The number of hydrogen-bond acceptors (Lipinski definition) is 4. The molecule has 0 aliphatic heterocycles. The molecule has 5 heteroatoms. The number of nitro benzene ring substituents is 1. The van der Waals surface area contributed by atoms with Gasteiger partial charge in [0.2, 0.25) is 0 Å². The van der Waals surface area contributed by atoms with Crippen LogP contribution in [0.4, 0.5) is 5.69 Å². The molecule has 2 rings (SSSR count). The van der Waals surface area contributed by atoms with Crippen LogP contribution in [0.25, 0.3) is 0 Å². The van der Waals surface area contributed by atoms with E-state index in [1.165, 1.54) is 17.7 Å². The van der Waals surface area contributed by atoms with Crippen LogP contribution in [0.1, 0.15) is 18.5 Å². The van der Waals surface area contributed by atoms with Crippen LogP contribution < -0.4 is 5.32 Å². The molecule has 0 aliphatic rings. The van der Waals surface area contributed by atoms with E-state index in [0.29, 0.717) is 6.04 Å². The van der Waals surface area contributed by atoms with Gasteiger partial charge in [-0.15, -0.1) is 0 Å². The molecular formula is C15H16N2O2S. The third kappa shape index (κ3) is 3.59. The predicted molar refractivity (Wildman–Crippen MR) is 81.1 cm³/mol. The van der Waals surface area contributed by atoms with Crippen LogP contribution in [0.15, 0.2) is 58.3 Å². The molecule has 1 unspecified atom stereocenters. The Morgan fingerprint density at radius 1 is 1.05 bits per heavy atom. The monoisotopic (exact) mass is 288 g/mol. The van der Waals surface area contributed by atoms with Gasteiger partial charge in [-0.1, -0.05) is 23.9 Å². The molecule has 0 saturated heterocycles. The van der Waals surface area contributed by atoms with E-state index in [0.717, 1.165) is 9.79 Å². The zero-order chi connectivity index (χ0) is 14.5. The van der Waals surface area contributed by atoms with Crippen molar-refractivity contribution in [3.05, 3.63) is 64.2 Å². The van der Waals surface area contributed by atoms with E-state index in [-0.39, 0.29) is 10.6 Å². The molecular weight excluding hydrogens is 272 g/mol. The smallest absolute Gasteiger partial charge is 0.269 e. The van der Waals surface area contributed by atoms with E-state index < -0.39 is 0 Å². The normalized spacial score (nSPS) is 12.1. The molecule has 20 heavy (non-hydrogen) atoms. The van der Waals surface area contributed by atoms with Crippen molar-refractivity contribution in [1.29, 1.82) is 0 Å². The second kappa shape index (κ2) is 6.54. The lowest BCUT2D eigenvalue weighted by atomic mass is 10.1. The molecule has 0 bridgehead atoms. The highest BCUT2D eigenvalue weighted by atomic mass is 32.2. The molecule has 0 aliphatic carbocycles. The number of nitrogens with zero attached hydrogens (tertiary/aromatic N) is 1. The zero-order valence-corrected chi connectivity index (χ0v) is 12.2. The summed E-state index contributed by atoms with van der Waals surface area (Å²) in [7, 11) is 1.93. The van der Waals surface area contributed by atoms with Crippen LogP contribution in [-0.4, -0.2) is 12.0 Å². The lowest BCUT2D eigenvalue weighted by molar-refractivity contribution is -0.384. The predicted octanol–water partition coefficient (Wildman–Crippen LogP) is 4.03. The fourth-order valence-electron chi connectivity index (χ4n) is 1.76. The van der Waals surface area contributed by atoms with Gasteiger partial charge in [0.05, 0.1) is 4.92 Å². The van der Waals surface area contributed by atoms with Crippen LogP contribution in [-0.2, 0) is 0 Å². The van der Waals surface area contributed by atoms with Gasteiger partial charge in [0.25, 0.3) is 5.69 Å². The van der Waals surface area contributed by atoms with Gasteiger partial charge in [-0.2, -0.15) is 0 Å². The molecule has 0 heterocycles. The Hall–Kier alpha value is -1.85. The summed E-state index contributed by atoms with van der Waals surface area (Å²) in [5.41, 5.74) is 1.35. The van der Waals surface area contributed by atoms with Crippen molar-refractivity contribution < 1.29 is 4.92 Å². The zero-order valence-electron chi connectivity index (χ0n) is 11.4. The van der Waals surface area contributed by atoms with Crippen molar-refractivity contribution in [2.45, 2.75) is 22.8 Å². The van der Waals surface area contributed by atoms with Crippen LogP contribution in [0, 0.1) is 10.1 Å². The highest BCUT2D eigenvalue weighted by Gasteiger charge is 2.06. The van der Waals surface area contributed by atoms with Gasteiger partial charge in [0, 0.05) is 28.0 Å². The molecule has 0 fully saturated rings. The van der Waals surface area contributed by atoms with E-state index in [9.17, 15) is 10.1 Å².